The third-order valence-corrected chi connectivity index (χ3v) is 2.70. The van der Waals surface area contributed by atoms with Crippen molar-refractivity contribution in [1.82, 2.24) is 20.6 Å². The van der Waals surface area contributed by atoms with Gasteiger partial charge in [0.05, 0.1) is 0 Å². The van der Waals surface area contributed by atoms with Gasteiger partial charge in [-0.05, 0) is 23.1 Å². The van der Waals surface area contributed by atoms with Gasteiger partial charge in [-0.1, -0.05) is 38.1 Å². The van der Waals surface area contributed by atoms with E-state index in [-0.39, 0.29) is 0 Å². The van der Waals surface area contributed by atoms with Crippen LogP contribution in [0.25, 0.3) is 11.4 Å². The van der Waals surface area contributed by atoms with Gasteiger partial charge in [0.2, 0.25) is 5.82 Å². The molecule has 78 valence electrons. The van der Waals surface area contributed by atoms with Gasteiger partial charge in [-0.3, -0.25) is 0 Å². The molecule has 0 aliphatic carbocycles. The highest BCUT2D eigenvalue weighted by molar-refractivity contribution is 5.54. The molecule has 2 rings (SSSR count). The van der Waals surface area contributed by atoms with E-state index in [0.717, 1.165) is 12.0 Å². The Morgan fingerprint density at radius 1 is 1.27 bits per heavy atom. The summed E-state index contributed by atoms with van der Waals surface area (Å²) in [7, 11) is 0. The summed E-state index contributed by atoms with van der Waals surface area (Å²) in [4.78, 5) is 0. The highest BCUT2D eigenvalue weighted by Crippen LogP contribution is 2.21. The van der Waals surface area contributed by atoms with Crippen LogP contribution in [0.1, 0.15) is 31.7 Å². The quantitative estimate of drug-likeness (QED) is 0.831. The SMILES string of the molecule is CCC(C)c1ccc(-c2nn[nH]n2)cc1. The minimum Gasteiger partial charge on any atom is -0.177 e. The van der Waals surface area contributed by atoms with Gasteiger partial charge >= 0.3 is 0 Å². The molecule has 0 bridgehead atoms. The normalized spacial score (nSPS) is 12.7. The predicted molar refractivity (Wildman–Crippen MR) is 58.3 cm³/mol. The molecule has 0 aliphatic heterocycles. The summed E-state index contributed by atoms with van der Waals surface area (Å²) in [6.45, 7) is 4.42. The molecule has 0 saturated heterocycles. The van der Waals surface area contributed by atoms with Gasteiger partial charge < -0.3 is 0 Å². The summed E-state index contributed by atoms with van der Waals surface area (Å²) in [6, 6.07) is 8.32. The molecule has 1 unspecified atom stereocenters. The minimum atomic E-state index is 0.601. The second kappa shape index (κ2) is 4.21. The lowest BCUT2D eigenvalue weighted by Crippen LogP contribution is -1.91. The molecule has 0 fully saturated rings. The van der Waals surface area contributed by atoms with Crippen molar-refractivity contribution in [2.75, 3.05) is 0 Å². The topological polar surface area (TPSA) is 54.5 Å². The van der Waals surface area contributed by atoms with Gasteiger partial charge in [-0.25, -0.2) is 0 Å². The molecule has 15 heavy (non-hydrogen) atoms. The molecule has 4 heteroatoms. The van der Waals surface area contributed by atoms with Crippen molar-refractivity contribution in [2.45, 2.75) is 26.2 Å². The van der Waals surface area contributed by atoms with E-state index in [9.17, 15) is 0 Å². The van der Waals surface area contributed by atoms with Crippen LogP contribution in [0, 0.1) is 0 Å². The molecule has 1 atom stereocenters. The Morgan fingerprint density at radius 2 is 2.00 bits per heavy atom. The lowest BCUT2D eigenvalue weighted by atomic mass is 9.97. The largest absolute Gasteiger partial charge is 0.204 e. The lowest BCUT2D eigenvalue weighted by Gasteiger charge is -2.08. The Kier molecular flexibility index (Phi) is 2.76. The van der Waals surface area contributed by atoms with Crippen LogP contribution in [-0.2, 0) is 0 Å². The number of nitrogens with zero attached hydrogens (tertiary/aromatic N) is 3. The molecule has 1 aromatic heterocycles. The van der Waals surface area contributed by atoms with E-state index in [1.807, 2.05) is 12.1 Å². The van der Waals surface area contributed by atoms with Crippen molar-refractivity contribution in [2.24, 2.45) is 0 Å². The summed E-state index contributed by atoms with van der Waals surface area (Å²) in [5, 5.41) is 13.9. The first-order chi connectivity index (χ1) is 7.31. The zero-order valence-corrected chi connectivity index (χ0v) is 8.94. The summed E-state index contributed by atoms with van der Waals surface area (Å²) < 4.78 is 0. The van der Waals surface area contributed by atoms with E-state index in [2.05, 4.69) is 46.6 Å². The first-order valence-corrected chi connectivity index (χ1v) is 5.15. The molecule has 2 aromatic rings. The smallest absolute Gasteiger partial charge is 0.177 e. The second-order valence-corrected chi connectivity index (χ2v) is 3.67. The Morgan fingerprint density at radius 3 is 2.53 bits per heavy atom. The van der Waals surface area contributed by atoms with Gasteiger partial charge in [-0.15, -0.1) is 10.2 Å². The number of nitrogens with one attached hydrogen (secondary N) is 1. The van der Waals surface area contributed by atoms with E-state index in [4.69, 9.17) is 0 Å². The van der Waals surface area contributed by atoms with Crippen LogP contribution in [0.15, 0.2) is 24.3 Å². The van der Waals surface area contributed by atoms with E-state index in [1.165, 1.54) is 5.56 Å². The molecule has 0 radical (unpaired) electrons. The van der Waals surface area contributed by atoms with Gasteiger partial charge in [0, 0.05) is 5.56 Å². The van der Waals surface area contributed by atoms with Crippen molar-refractivity contribution in [1.29, 1.82) is 0 Å². The van der Waals surface area contributed by atoms with Crippen molar-refractivity contribution in [3.05, 3.63) is 29.8 Å². The molecule has 1 N–H and O–H groups in total. The van der Waals surface area contributed by atoms with Crippen LogP contribution < -0.4 is 0 Å². The Labute approximate surface area is 88.7 Å². The van der Waals surface area contributed by atoms with Crippen molar-refractivity contribution in [3.63, 3.8) is 0 Å². The fraction of sp³-hybridized carbons (Fsp3) is 0.364. The Bertz CT molecular complexity index is 405. The summed E-state index contributed by atoms with van der Waals surface area (Å²) >= 11 is 0. The maximum atomic E-state index is 3.93. The molecule has 0 aliphatic rings. The van der Waals surface area contributed by atoms with Crippen LogP contribution >= 0.6 is 0 Å². The van der Waals surface area contributed by atoms with Gasteiger partial charge in [0.15, 0.2) is 0 Å². The molecule has 0 amide bonds. The number of hydrogen-bond acceptors (Lipinski definition) is 3. The lowest BCUT2D eigenvalue weighted by molar-refractivity contribution is 0.734. The average molecular weight is 202 g/mol. The maximum absolute atomic E-state index is 3.93. The van der Waals surface area contributed by atoms with E-state index in [0.29, 0.717) is 11.7 Å². The number of hydrogen-bond donors (Lipinski definition) is 1. The first kappa shape index (κ1) is 9.83. The monoisotopic (exact) mass is 202 g/mol. The Balaban J connectivity index is 2.25. The van der Waals surface area contributed by atoms with Crippen molar-refractivity contribution >= 4 is 0 Å². The number of H-pyrrole nitrogens is 1. The number of tetrazole rings is 1. The van der Waals surface area contributed by atoms with Crippen LogP contribution in [0.4, 0.5) is 0 Å². The van der Waals surface area contributed by atoms with Gasteiger partial charge in [0.25, 0.3) is 0 Å². The Hall–Kier alpha value is -1.71. The van der Waals surface area contributed by atoms with Gasteiger partial charge in [0.1, 0.15) is 0 Å². The summed E-state index contributed by atoms with van der Waals surface area (Å²) in [6.07, 6.45) is 1.15. The highest BCUT2D eigenvalue weighted by Gasteiger charge is 2.05. The van der Waals surface area contributed by atoms with Crippen LogP contribution in [-0.4, -0.2) is 20.6 Å². The number of aromatic nitrogens is 4. The van der Waals surface area contributed by atoms with E-state index in [1.54, 1.807) is 0 Å². The van der Waals surface area contributed by atoms with Crippen LogP contribution in [0.2, 0.25) is 0 Å². The second-order valence-electron chi connectivity index (χ2n) is 3.67. The third-order valence-electron chi connectivity index (χ3n) is 2.70. The zero-order valence-electron chi connectivity index (χ0n) is 8.94. The van der Waals surface area contributed by atoms with E-state index >= 15 is 0 Å². The molecular formula is C11H14N4. The van der Waals surface area contributed by atoms with Crippen molar-refractivity contribution in [3.8, 4) is 11.4 Å². The molecule has 0 saturated carbocycles. The predicted octanol–water partition coefficient (Wildman–Crippen LogP) is 2.38. The highest BCUT2D eigenvalue weighted by atomic mass is 15.5. The third kappa shape index (κ3) is 2.03. The van der Waals surface area contributed by atoms with Crippen LogP contribution in [0.3, 0.4) is 0 Å². The molecule has 1 heterocycles. The average Bonchev–Trinajstić information content (AvgIpc) is 2.82. The number of rotatable bonds is 3. The fourth-order valence-electron chi connectivity index (χ4n) is 1.48. The molecule has 0 spiro atoms. The van der Waals surface area contributed by atoms with Gasteiger partial charge in [-0.2, -0.15) is 5.21 Å². The number of aromatic amines is 1. The first-order valence-electron chi connectivity index (χ1n) is 5.15. The molecular weight excluding hydrogens is 188 g/mol. The number of benzene rings is 1. The summed E-state index contributed by atoms with van der Waals surface area (Å²) in [5.41, 5.74) is 2.35. The fourth-order valence-corrected chi connectivity index (χ4v) is 1.48. The standard InChI is InChI=1S/C11H14N4/c1-3-8(2)9-4-6-10(7-5-9)11-12-14-15-13-11/h4-8H,3H2,1-2H3,(H,12,13,14,15). The maximum Gasteiger partial charge on any atom is 0.204 e. The van der Waals surface area contributed by atoms with E-state index < -0.39 is 0 Å². The minimum absolute atomic E-state index is 0.601. The summed E-state index contributed by atoms with van der Waals surface area (Å²) in [5.74, 6) is 1.25. The van der Waals surface area contributed by atoms with Crippen molar-refractivity contribution < 1.29 is 0 Å². The molecule has 1 aromatic carbocycles. The van der Waals surface area contributed by atoms with Crippen LogP contribution in [0.5, 0.6) is 0 Å². The molecule has 4 nitrogen and oxygen atoms in total. The zero-order chi connectivity index (χ0) is 10.7.